The molecule has 0 spiro atoms. The normalized spacial score (nSPS) is 14.8. The average molecular weight is 570 g/mol. The van der Waals surface area contributed by atoms with E-state index in [0.29, 0.717) is 4.31 Å². The van der Waals surface area contributed by atoms with Crippen molar-refractivity contribution in [3.63, 3.8) is 0 Å². The number of sulfonamides is 1. The SMILES string of the molecule is CC(C(=O)NC1CCCCC1)N(Cc1ccccc1F)C(=O)CN(c1ccccc1F)S(=O)(=O)c1ccccc1. The van der Waals surface area contributed by atoms with Crippen LogP contribution in [0.25, 0.3) is 0 Å². The highest BCUT2D eigenvalue weighted by molar-refractivity contribution is 7.92. The third-order valence-electron chi connectivity index (χ3n) is 7.15. The van der Waals surface area contributed by atoms with Crippen molar-refractivity contribution < 1.29 is 26.8 Å². The molecule has 1 aliphatic carbocycles. The maximum absolute atomic E-state index is 14.9. The van der Waals surface area contributed by atoms with Crippen molar-refractivity contribution in [3.8, 4) is 0 Å². The molecule has 0 aliphatic heterocycles. The van der Waals surface area contributed by atoms with Crippen LogP contribution in [-0.2, 0) is 26.2 Å². The average Bonchev–Trinajstić information content (AvgIpc) is 2.96. The van der Waals surface area contributed by atoms with Crippen LogP contribution < -0.4 is 9.62 Å². The second-order valence-electron chi connectivity index (χ2n) is 9.91. The van der Waals surface area contributed by atoms with E-state index in [9.17, 15) is 26.8 Å². The minimum Gasteiger partial charge on any atom is -0.352 e. The maximum Gasteiger partial charge on any atom is 0.264 e. The fourth-order valence-electron chi connectivity index (χ4n) is 4.85. The molecule has 0 bridgehead atoms. The Hall–Kier alpha value is -3.79. The molecule has 7 nitrogen and oxygen atoms in total. The molecule has 40 heavy (non-hydrogen) atoms. The van der Waals surface area contributed by atoms with Crippen LogP contribution in [0.3, 0.4) is 0 Å². The lowest BCUT2D eigenvalue weighted by molar-refractivity contribution is -0.139. The van der Waals surface area contributed by atoms with E-state index < -0.39 is 46.1 Å². The number of hydrogen-bond acceptors (Lipinski definition) is 4. The Morgan fingerprint density at radius 1 is 0.875 bits per heavy atom. The Balaban J connectivity index is 1.68. The highest BCUT2D eigenvalue weighted by Gasteiger charge is 2.34. The number of benzene rings is 3. The van der Waals surface area contributed by atoms with Crippen LogP contribution in [-0.4, -0.2) is 43.8 Å². The molecular formula is C30H33F2N3O4S. The summed E-state index contributed by atoms with van der Waals surface area (Å²) in [6, 6.07) is 17.4. The van der Waals surface area contributed by atoms with Gasteiger partial charge >= 0.3 is 0 Å². The molecule has 3 aromatic carbocycles. The number of para-hydroxylation sites is 1. The number of halogens is 2. The Kier molecular flexibility index (Phi) is 9.52. The molecule has 10 heteroatoms. The molecule has 1 atom stereocenters. The molecule has 1 fully saturated rings. The molecule has 212 valence electrons. The van der Waals surface area contributed by atoms with Crippen molar-refractivity contribution in [2.24, 2.45) is 0 Å². The molecule has 2 amide bonds. The third-order valence-corrected chi connectivity index (χ3v) is 8.92. The Morgan fingerprint density at radius 2 is 1.48 bits per heavy atom. The highest BCUT2D eigenvalue weighted by Crippen LogP contribution is 2.27. The van der Waals surface area contributed by atoms with Crippen molar-refractivity contribution >= 4 is 27.5 Å². The first-order valence-corrected chi connectivity index (χ1v) is 14.8. The molecule has 0 radical (unpaired) electrons. The molecule has 3 aromatic rings. The number of carbonyl (C=O) groups is 2. The zero-order chi connectivity index (χ0) is 28.7. The van der Waals surface area contributed by atoms with Gasteiger partial charge in [0.1, 0.15) is 24.2 Å². The molecular weight excluding hydrogens is 536 g/mol. The molecule has 0 heterocycles. The topological polar surface area (TPSA) is 86.8 Å². The molecule has 1 saturated carbocycles. The summed E-state index contributed by atoms with van der Waals surface area (Å²) in [4.78, 5) is 28.1. The fraction of sp³-hybridized carbons (Fsp3) is 0.333. The van der Waals surface area contributed by atoms with E-state index in [2.05, 4.69) is 5.32 Å². The van der Waals surface area contributed by atoms with Crippen LogP contribution in [0.4, 0.5) is 14.5 Å². The fourth-order valence-corrected chi connectivity index (χ4v) is 6.29. The molecule has 0 saturated heterocycles. The van der Waals surface area contributed by atoms with Crippen molar-refractivity contribution in [1.82, 2.24) is 10.2 Å². The second kappa shape index (κ2) is 13.0. The first kappa shape index (κ1) is 29.2. The largest absolute Gasteiger partial charge is 0.352 e. The lowest BCUT2D eigenvalue weighted by Crippen LogP contribution is -2.53. The van der Waals surface area contributed by atoms with Gasteiger partial charge in [0.15, 0.2) is 0 Å². The van der Waals surface area contributed by atoms with Gasteiger partial charge in [-0.3, -0.25) is 13.9 Å². The van der Waals surface area contributed by atoms with E-state index in [4.69, 9.17) is 0 Å². The summed E-state index contributed by atoms with van der Waals surface area (Å²) in [7, 11) is -4.38. The van der Waals surface area contributed by atoms with Gasteiger partial charge in [-0.15, -0.1) is 0 Å². The highest BCUT2D eigenvalue weighted by atomic mass is 32.2. The van der Waals surface area contributed by atoms with Crippen LogP contribution in [0.1, 0.15) is 44.6 Å². The van der Waals surface area contributed by atoms with Crippen molar-refractivity contribution in [3.05, 3.63) is 96.1 Å². The van der Waals surface area contributed by atoms with Crippen LogP contribution in [0, 0.1) is 11.6 Å². The number of anilines is 1. The lowest BCUT2D eigenvalue weighted by atomic mass is 9.95. The first-order chi connectivity index (χ1) is 19.2. The van der Waals surface area contributed by atoms with Crippen LogP contribution in [0.5, 0.6) is 0 Å². The summed E-state index contributed by atoms with van der Waals surface area (Å²) >= 11 is 0. The van der Waals surface area contributed by atoms with E-state index >= 15 is 0 Å². The molecule has 0 aromatic heterocycles. The number of carbonyl (C=O) groups excluding carboxylic acids is 2. The van der Waals surface area contributed by atoms with Gasteiger partial charge < -0.3 is 10.2 Å². The monoisotopic (exact) mass is 569 g/mol. The van der Waals surface area contributed by atoms with Crippen molar-refractivity contribution in [2.45, 2.75) is 62.6 Å². The zero-order valence-electron chi connectivity index (χ0n) is 22.3. The van der Waals surface area contributed by atoms with Gasteiger partial charge in [-0.2, -0.15) is 0 Å². The number of nitrogens with one attached hydrogen (secondary N) is 1. The number of nitrogens with zero attached hydrogens (tertiary/aromatic N) is 2. The summed E-state index contributed by atoms with van der Waals surface area (Å²) in [6.45, 7) is 0.449. The number of hydrogen-bond donors (Lipinski definition) is 1. The van der Waals surface area contributed by atoms with E-state index in [1.807, 2.05) is 0 Å². The quantitative estimate of drug-likeness (QED) is 0.371. The minimum absolute atomic E-state index is 0.0255. The number of amides is 2. The van der Waals surface area contributed by atoms with E-state index in [1.165, 1.54) is 67.6 Å². The van der Waals surface area contributed by atoms with Gasteiger partial charge in [-0.25, -0.2) is 17.2 Å². The molecule has 4 rings (SSSR count). The summed E-state index contributed by atoms with van der Waals surface area (Å²) in [6.07, 6.45) is 4.74. The van der Waals surface area contributed by atoms with Crippen molar-refractivity contribution in [1.29, 1.82) is 0 Å². The summed E-state index contributed by atoms with van der Waals surface area (Å²) in [5, 5.41) is 2.99. The van der Waals surface area contributed by atoms with Crippen LogP contribution in [0.15, 0.2) is 83.8 Å². The first-order valence-electron chi connectivity index (χ1n) is 13.3. The lowest BCUT2D eigenvalue weighted by Gasteiger charge is -2.33. The van der Waals surface area contributed by atoms with E-state index in [-0.39, 0.29) is 28.7 Å². The van der Waals surface area contributed by atoms with Gasteiger partial charge in [0.2, 0.25) is 11.8 Å². The van der Waals surface area contributed by atoms with Gasteiger partial charge in [-0.05, 0) is 50.1 Å². The predicted octanol–water partition coefficient (Wildman–Crippen LogP) is 5.03. The maximum atomic E-state index is 14.9. The van der Waals surface area contributed by atoms with Gasteiger partial charge in [-0.1, -0.05) is 67.8 Å². The summed E-state index contributed by atoms with van der Waals surface area (Å²) in [5.74, 6) is -2.60. The van der Waals surface area contributed by atoms with Gasteiger partial charge in [0.05, 0.1) is 10.6 Å². The summed E-state index contributed by atoms with van der Waals surface area (Å²) < 4.78 is 57.6. The molecule has 1 aliphatic rings. The second-order valence-corrected chi connectivity index (χ2v) is 11.8. The van der Waals surface area contributed by atoms with E-state index in [0.717, 1.165) is 43.1 Å². The van der Waals surface area contributed by atoms with Crippen LogP contribution in [0.2, 0.25) is 0 Å². The Bertz CT molecular complexity index is 1430. The Labute approximate surface area is 233 Å². The number of rotatable bonds is 10. The van der Waals surface area contributed by atoms with Crippen molar-refractivity contribution in [2.75, 3.05) is 10.8 Å². The smallest absolute Gasteiger partial charge is 0.264 e. The predicted molar refractivity (Wildman–Crippen MR) is 149 cm³/mol. The summed E-state index contributed by atoms with van der Waals surface area (Å²) in [5.41, 5.74) is -0.152. The molecule has 1 N–H and O–H groups in total. The standard InChI is InChI=1S/C30H33F2N3O4S/c1-22(30(37)33-24-13-4-2-5-14-24)34(20-23-12-8-9-17-26(23)31)29(36)21-35(28-19-11-10-18-27(28)32)40(38,39)25-15-6-3-7-16-25/h3,6-12,15-19,22,24H,2,4-5,13-14,20-21H2,1H3,(H,33,37). The van der Waals surface area contributed by atoms with Crippen LogP contribution >= 0.6 is 0 Å². The minimum atomic E-state index is -4.38. The Morgan fingerprint density at radius 3 is 2.12 bits per heavy atom. The van der Waals surface area contributed by atoms with Gasteiger partial charge in [0.25, 0.3) is 10.0 Å². The zero-order valence-corrected chi connectivity index (χ0v) is 23.1. The van der Waals surface area contributed by atoms with Gasteiger partial charge in [0, 0.05) is 18.2 Å². The van der Waals surface area contributed by atoms with E-state index in [1.54, 1.807) is 12.1 Å². The third kappa shape index (κ3) is 6.85. The molecule has 1 unspecified atom stereocenters.